The monoisotopic (exact) mass is 634 g/mol. The van der Waals surface area contributed by atoms with Crippen molar-refractivity contribution in [2.45, 2.75) is 0 Å². The fourth-order valence-electron chi connectivity index (χ4n) is 6.83. The van der Waals surface area contributed by atoms with E-state index in [4.69, 9.17) is 13.8 Å². The molecule has 5 heteroatoms. The van der Waals surface area contributed by atoms with Gasteiger partial charge in [0.25, 0.3) is 0 Å². The van der Waals surface area contributed by atoms with Crippen molar-refractivity contribution in [2.24, 2.45) is 0 Å². The quantitative estimate of drug-likeness (QED) is 0.189. The minimum atomic E-state index is 0.601. The third-order valence-electron chi connectivity index (χ3n) is 9.10. The summed E-state index contributed by atoms with van der Waals surface area (Å²) in [5.41, 5.74) is 9.69. The van der Waals surface area contributed by atoms with Gasteiger partial charge < -0.3 is 13.7 Å². The van der Waals surface area contributed by atoms with Gasteiger partial charge in [0.05, 0.1) is 5.69 Å². The van der Waals surface area contributed by atoms with E-state index in [0.29, 0.717) is 11.5 Å². The van der Waals surface area contributed by atoms with E-state index < -0.39 is 0 Å². The highest BCUT2D eigenvalue weighted by Gasteiger charge is 2.21. The highest BCUT2D eigenvalue weighted by atomic mass is 32.1. The Kier molecular flexibility index (Phi) is 6.01. The molecule has 0 saturated heterocycles. The number of thiophene rings is 1. The SMILES string of the molecule is c1ccc(-c2ccc(N(c3ccc4oc5cc6oc(-c7ccccc7)nc6cc5c4c3)c3cccc4sc5ccccc5c34)cc2)cc1. The van der Waals surface area contributed by atoms with Gasteiger partial charge in [0.1, 0.15) is 16.7 Å². The second-order valence-electron chi connectivity index (χ2n) is 12.0. The summed E-state index contributed by atoms with van der Waals surface area (Å²) in [5, 5.41) is 4.55. The van der Waals surface area contributed by atoms with E-state index in [9.17, 15) is 0 Å². The van der Waals surface area contributed by atoms with Crippen LogP contribution in [0.4, 0.5) is 17.1 Å². The molecule has 0 unspecified atom stereocenters. The van der Waals surface area contributed by atoms with Crippen molar-refractivity contribution in [1.82, 2.24) is 4.98 Å². The highest BCUT2D eigenvalue weighted by Crippen LogP contribution is 2.46. The summed E-state index contributed by atoms with van der Waals surface area (Å²) < 4.78 is 15.1. The summed E-state index contributed by atoms with van der Waals surface area (Å²) in [6.45, 7) is 0. The van der Waals surface area contributed by atoms with Gasteiger partial charge in [-0.25, -0.2) is 4.98 Å². The maximum absolute atomic E-state index is 6.40. The number of benzene rings is 7. The summed E-state index contributed by atoms with van der Waals surface area (Å²) in [6.07, 6.45) is 0. The molecule has 3 heterocycles. The van der Waals surface area contributed by atoms with Crippen molar-refractivity contribution in [3.05, 3.63) is 158 Å². The molecule has 48 heavy (non-hydrogen) atoms. The summed E-state index contributed by atoms with van der Waals surface area (Å²) in [6, 6.07) is 55.2. The lowest BCUT2D eigenvalue weighted by atomic mass is 10.0. The lowest BCUT2D eigenvalue weighted by Crippen LogP contribution is -2.10. The van der Waals surface area contributed by atoms with E-state index in [0.717, 1.165) is 50.1 Å². The van der Waals surface area contributed by atoms with Gasteiger partial charge in [-0.3, -0.25) is 0 Å². The van der Waals surface area contributed by atoms with E-state index >= 15 is 0 Å². The Bertz CT molecular complexity index is 2780. The molecule has 0 bridgehead atoms. The zero-order valence-electron chi connectivity index (χ0n) is 25.6. The Hall–Kier alpha value is -6.17. The number of hydrogen-bond acceptors (Lipinski definition) is 5. The van der Waals surface area contributed by atoms with Crippen molar-refractivity contribution in [3.63, 3.8) is 0 Å². The smallest absolute Gasteiger partial charge is 0.227 e. The lowest BCUT2D eigenvalue weighted by Gasteiger charge is -2.27. The zero-order valence-corrected chi connectivity index (χ0v) is 26.4. The van der Waals surface area contributed by atoms with Gasteiger partial charge in [0, 0.05) is 53.9 Å². The first-order valence-corrected chi connectivity index (χ1v) is 16.8. The molecule has 10 rings (SSSR count). The largest absolute Gasteiger partial charge is 0.456 e. The van der Waals surface area contributed by atoms with E-state index in [-0.39, 0.29) is 0 Å². The maximum Gasteiger partial charge on any atom is 0.227 e. The first-order valence-electron chi connectivity index (χ1n) is 15.9. The average molecular weight is 635 g/mol. The molecule has 0 aliphatic rings. The van der Waals surface area contributed by atoms with Crippen molar-refractivity contribution < 1.29 is 8.83 Å². The highest BCUT2D eigenvalue weighted by molar-refractivity contribution is 7.26. The summed E-state index contributed by atoms with van der Waals surface area (Å²) in [7, 11) is 0. The number of furan rings is 1. The van der Waals surface area contributed by atoms with Crippen LogP contribution in [0, 0.1) is 0 Å². The standard InChI is InChI=1S/C43H26N2O2S/c1-3-10-27(11-4-1)28-18-20-30(21-19-28)45(36-15-9-17-41-42(36)32-14-7-8-16-40(32)48-41)31-22-23-37-33(24-31)34-25-35-39(26-38(34)46-37)47-43(44-35)29-12-5-2-6-13-29/h1-26H. The second kappa shape index (κ2) is 10.7. The minimum absolute atomic E-state index is 0.601. The Morgan fingerprint density at radius 1 is 0.458 bits per heavy atom. The van der Waals surface area contributed by atoms with E-state index in [2.05, 4.69) is 126 Å². The molecule has 0 spiro atoms. The molecule has 4 nitrogen and oxygen atoms in total. The first kappa shape index (κ1) is 27.0. The molecule has 0 atom stereocenters. The Labute approximate surface area is 279 Å². The number of hydrogen-bond donors (Lipinski definition) is 0. The molecule has 10 aromatic rings. The lowest BCUT2D eigenvalue weighted by molar-refractivity contribution is 0.617. The number of rotatable bonds is 5. The molecule has 0 radical (unpaired) electrons. The molecule has 0 amide bonds. The third-order valence-corrected chi connectivity index (χ3v) is 10.2. The maximum atomic E-state index is 6.40. The predicted octanol–water partition coefficient (Wildman–Crippen LogP) is 12.9. The summed E-state index contributed by atoms with van der Waals surface area (Å²) in [5.74, 6) is 0.601. The van der Waals surface area contributed by atoms with Crippen LogP contribution in [0.1, 0.15) is 0 Å². The Morgan fingerprint density at radius 3 is 1.98 bits per heavy atom. The number of oxazole rings is 1. The van der Waals surface area contributed by atoms with E-state index in [1.165, 1.54) is 31.3 Å². The van der Waals surface area contributed by atoms with Crippen LogP contribution in [0.25, 0.3) is 75.8 Å². The predicted molar refractivity (Wildman–Crippen MR) is 200 cm³/mol. The number of aromatic nitrogens is 1. The zero-order chi connectivity index (χ0) is 31.6. The molecule has 0 saturated carbocycles. The van der Waals surface area contributed by atoms with Crippen LogP contribution in [0.15, 0.2) is 167 Å². The fourth-order valence-corrected chi connectivity index (χ4v) is 7.96. The molecule has 226 valence electrons. The van der Waals surface area contributed by atoms with Crippen LogP contribution < -0.4 is 4.90 Å². The minimum Gasteiger partial charge on any atom is -0.456 e. The van der Waals surface area contributed by atoms with Gasteiger partial charge in [-0.05, 0) is 77.9 Å². The van der Waals surface area contributed by atoms with Crippen LogP contribution in [0.2, 0.25) is 0 Å². The molecular weight excluding hydrogens is 609 g/mol. The van der Waals surface area contributed by atoms with Crippen LogP contribution in [-0.4, -0.2) is 4.98 Å². The van der Waals surface area contributed by atoms with Gasteiger partial charge in [-0.1, -0.05) is 84.9 Å². The molecule has 3 aromatic heterocycles. The molecule has 0 aliphatic heterocycles. The molecule has 0 N–H and O–H groups in total. The van der Waals surface area contributed by atoms with E-state index in [1.807, 2.05) is 47.7 Å². The first-order chi connectivity index (χ1) is 23.8. The molecule has 7 aromatic carbocycles. The average Bonchev–Trinajstić information content (AvgIpc) is 3.85. The van der Waals surface area contributed by atoms with Gasteiger partial charge in [-0.15, -0.1) is 11.3 Å². The molecule has 0 aliphatic carbocycles. The van der Waals surface area contributed by atoms with Crippen LogP contribution in [0.3, 0.4) is 0 Å². The summed E-state index contributed by atoms with van der Waals surface area (Å²) >= 11 is 1.83. The van der Waals surface area contributed by atoms with Crippen molar-refractivity contribution in [1.29, 1.82) is 0 Å². The number of fused-ring (bicyclic) bond motifs is 7. The summed E-state index contributed by atoms with van der Waals surface area (Å²) in [4.78, 5) is 7.22. The normalized spacial score (nSPS) is 11.8. The molecule has 0 fully saturated rings. The molecular formula is C43H26N2O2S. The van der Waals surface area contributed by atoms with Crippen molar-refractivity contribution in [2.75, 3.05) is 4.90 Å². The Balaban J connectivity index is 1.18. The fraction of sp³-hybridized carbons (Fsp3) is 0. The van der Waals surface area contributed by atoms with Crippen molar-refractivity contribution in [3.8, 4) is 22.6 Å². The van der Waals surface area contributed by atoms with Gasteiger partial charge in [0.15, 0.2) is 5.58 Å². The van der Waals surface area contributed by atoms with Crippen LogP contribution in [0.5, 0.6) is 0 Å². The number of anilines is 3. The van der Waals surface area contributed by atoms with Gasteiger partial charge in [-0.2, -0.15) is 0 Å². The van der Waals surface area contributed by atoms with Crippen molar-refractivity contribution >= 4 is 81.6 Å². The van der Waals surface area contributed by atoms with Gasteiger partial charge in [0.2, 0.25) is 5.89 Å². The number of nitrogens with zero attached hydrogens (tertiary/aromatic N) is 2. The Morgan fingerprint density at radius 2 is 1.15 bits per heavy atom. The topological polar surface area (TPSA) is 42.4 Å². The third kappa shape index (κ3) is 4.33. The van der Waals surface area contributed by atoms with Crippen LogP contribution in [-0.2, 0) is 0 Å². The van der Waals surface area contributed by atoms with E-state index in [1.54, 1.807) is 0 Å². The van der Waals surface area contributed by atoms with Crippen LogP contribution >= 0.6 is 11.3 Å². The second-order valence-corrected chi connectivity index (χ2v) is 13.1. The van der Waals surface area contributed by atoms with Gasteiger partial charge >= 0.3 is 0 Å².